The van der Waals surface area contributed by atoms with Gasteiger partial charge in [-0.25, -0.2) is 13.1 Å². The number of imide groups is 1. The summed E-state index contributed by atoms with van der Waals surface area (Å²) in [6.07, 6.45) is 1.72. The van der Waals surface area contributed by atoms with Crippen LogP contribution in [0.15, 0.2) is 83.8 Å². The lowest BCUT2D eigenvalue weighted by atomic mass is 10.0. The monoisotopic (exact) mass is 489 g/mol. The van der Waals surface area contributed by atoms with Gasteiger partial charge >= 0.3 is 0 Å². The lowest BCUT2D eigenvalue weighted by molar-refractivity contribution is -0.119. The molecular formula is C26H23N3O5S. The van der Waals surface area contributed by atoms with Crippen LogP contribution in [-0.4, -0.2) is 43.1 Å². The third-order valence-electron chi connectivity index (χ3n) is 6.02. The van der Waals surface area contributed by atoms with Gasteiger partial charge < -0.3 is 5.32 Å². The highest BCUT2D eigenvalue weighted by Gasteiger charge is 2.42. The fourth-order valence-electron chi connectivity index (χ4n) is 4.08. The van der Waals surface area contributed by atoms with Crippen LogP contribution in [0, 0.1) is 0 Å². The molecule has 178 valence electrons. The maximum Gasteiger partial charge on any atom is 0.262 e. The molecule has 5 rings (SSSR count). The molecule has 8 nitrogen and oxygen atoms in total. The Hall–Kier alpha value is -3.82. The Morgan fingerprint density at radius 2 is 1.51 bits per heavy atom. The van der Waals surface area contributed by atoms with Gasteiger partial charge in [-0.3, -0.25) is 19.3 Å². The number of amides is 3. The second kappa shape index (κ2) is 9.09. The fraction of sp³-hybridized carbons (Fsp3) is 0.192. The summed E-state index contributed by atoms with van der Waals surface area (Å²) in [6, 6.07) is 20.3. The predicted molar refractivity (Wildman–Crippen MR) is 129 cm³/mol. The largest absolute Gasteiger partial charge is 0.324 e. The van der Waals surface area contributed by atoms with Gasteiger partial charge in [0.15, 0.2) is 0 Å². The Kier molecular flexibility index (Phi) is 5.96. The number of hydrogen-bond donors (Lipinski definition) is 2. The van der Waals surface area contributed by atoms with Crippen molar-refractivity contribution in [3.05, 3.63) is 95.6 Å². The minimum absolute atomic E-state index is 0.0301. The van der Waals surface area contributed by atoms with Crippen LogP contribution in [0.5, 0.6) is 0 Å². The third-order valence-corrected chi connectivity index (χ3v) is 7.54. The summed E-state index contributed by atoms with van der Waals surface area (Å²) in [5.41, 5.74) is 1.53. The van der Waals surface area contributed by atoms with E-state index in [0.717, 1.165) is 23.3 Å². The Morgan fingerprint density at radius 3 is 2.14 bits per heavy atom. The van der Waals surface area contributed by atoms with Crippen molar-refractivity contribution in [3.8, 4) is 0 Å². The quantitative estimate of drug-likeness (QED) is 0.473. The summed E-state index contributed by atoms with van der Waals surface area (Å²) in [4.78, 5) is 40.7. The van der Waals surface area contributed by atoms with E-state index in [-0.39, 0.29) is 34.2 Å². The van der Waals surface area contributed by atoms with Gasteiger partial charge in [0.05, 0.1) is 16.0 Å². The van der Waals surface area contributed by atoms with Crippen LogP contribution in [0.2, 0.25) is 0 Å². The number of fused-ring (bicyclic) bond motifs is 1. The van der Waals surface area contributed by atoms with Crippen LogP contribution in [-0.2, 0) is 21.2 Å². The van der Waals surface area contributed by atoms with Gasteiger partial charge in [0.25, 0.3) is 11.8 Å². The molecule has 0 saturated heterocycles. The molecule has 1 atom stereocenters. The van der Waals surface area contributed by atoms with Gasteiger partial charge in [-0.1, -0.05) is 48.5 Å². The molecule has 9 heteroatoms. The molecule has 1 fully saturated rings. The number of hydrogen-bond acceptors (Lipinski definition) is 5. The first-order valence-electron chi connectivity index (χ1n) is 11.3. The zero-order chi connectivity index (χ0) is 24.6. The molecular weight excluding hydrogens is 466 g/mol. The van der Waals surface area contributed by atoms with E-state index in [2.05, 4.69) is 10.0 Å². The van der Waals surface area contributed by atoms with Gasteiger partial charge in [0.1, 0.15) is 6.04 Å². The number of nitrogens with zero attached hydrogens (tertiary/aromatic N) is 1. The Morgan fingerprint density at radius 1 is 0.886 bits per heavy atom. The van der Waals surface area contributed by atoms with Gasteiger partial charge in [0.2, 0.25) is 15.9 Å². The van der Waals surface area contributed by atoms with Crippen LogP contribution >= 0.6 is 0 Å². The normalized spacial score (nSPS) is 16.2. The Labute approximate surface area is 203 Å². The zero-order valence-corrected chi connectivity index (χ0v) is 19.5. The fourth-order valence-corrected chi connectivity index (χ4v) is 5.44. The lowest BCUT2D eigenvalue weighted by Gasteiger charge is -2.25. The molecule has 3 amide bonds. The smallest absolute Gasteiger partial charge is 0.262 e. The van der Waals surface area contributed by atoms with E-state index in [0.29, 0.717) is 0 Å². The first-order chi connectivity index (χ1) is 16.8. The highest BCUT2D eigenvalue weighted by Crippen LogP contribution is 2.27. The molecule has 3 aromatic rings. The number of rotatable bonds is 8. The number of anilines is 1. The van der Waals surface area contributed by atoms with Crippen LogP contribution in [0.25, 0.3) is 0 Å². The molecule has 0 aromatic heterocycles. The van der Waals surface area contributed by atoms with Crippen molar-refractivity contribution in [2.45, 2.75) is 36.2 Å². The highest BCUT2D eigenvalue weighted by molar-refractivity contribution is 7.89. The summed E-state index contributed by atoms with van der Waals surface area (Å²) in [5, 5.41) is 2.71. The summed E-state index contributed by atoms with van der Waals surface area (Å²) < 4.78 is 27.8. The molecule has 0 radical (unpaired) electrons. The van der Waals surface area contributed by atoms with E-state index in [1.165, 1.54) is 18.2 Å². The Bertz CT molecular complexity index is 1380. The number of nitrogens with one attached hydrogen (secondary N) is 2. The molecule has 3 aromatic carbocycles. The van der Waals surface area contributed by atoms with E-state index in [9.17, 15) is 22.8 Å². The summed E-state index contributed by atoms with van der Waals surface area (Å²) in [6.45, 7) is 0. The van der Waals surface area contributed by atoms with Gasteiger partial charge in [0, 0.05) is 18.2 Å². The lowest BCUT2D eigenvalue weighted by Crippen LogP contribution is -2.48. The number of benzene rings is 3. The standard InChI is InChI=1S/C26H23N3O5S/c30-24(27-19-9-6-10-20(16-19)35(33,34)28-18-13-14-18)23(15-17-7-2-1-3-8-17)29-25(31)21-11-4-5-12-22(21)26(29)32/h1-12,16,18,23,28H,13-15H2,(H,27,30)/t23-/m0/s1. The highest BCUT2D eigenvalue weighted by atomic mass is 32.2. The summed E-state index contributed by atoms with van der Waals surface area (Å²) in [7, 11) is -3.71. The second-order valence-electron chi connectivity index (χ2n) is 8.64. The van der Waals surface area contributed by atoms with E-state index in [1.54, 1.807) is 30.3 Å². The minimum Gasteiger partial charge on any atom is -0.324 e. The van der Waals surface area contributed by atoms with Crippen molar-refractivity contribution in [1.82, 2.24) is 9.62 Å². The van der Waals surface area contributed by atoms with Crippen LogP contribution in [0.4, 0.5) is 5.69 Å². The van der Waals surface area contributed by atoms with Crippen molar-refractivity contribution in [2.24, 2.45) is 0 Å². The van der Waals surface area contributed by atoms with Crippen molar-refractivity contribution >= 4 is 33.4 Å². The maximum absolute atomic E-state index is 13.5. The average Bonchev–Trinajstić information content (AvgIpc) is 3.63. The van der Waals surface area contributed by atoms with Crippen molar-refractivity contribution in [3.63, 3.8) is 0 Å². The van der Waals surface area contributed by atoms with Gasteiger partial charge in [-0.15, -0.1) is 0 Å². The molecule has 1 heterocycles. The number of carbonyl (C=O) groups excluding carboxylic acids is 3. The zero-order valence-electron chi connectivity index (χ0n) is 18.7. The second-order valence-corrected chi connectivity index (χ2v) is 10.4. The number of sulfonamides is 1. The van der Waals surface area contributed by atoms with Crippen molar-refractivity contribution in [2.75, 3.05) is 5.32 Å². The molecule has 1 aliphatic heterocycles. The van der Waals surface area contributed by atoms with Gasteiger partial charge in [-0.2, -0.15) is 0 Å². The van der Waals surface area contributed by atoms with Crippen LogP contribution in [0.3, 0.4) is 0 Å². The SMILES string of the molecule is O=C(Nc1cccc(S(=O)(=O)NC2CC2)c1)[C@H](Cc1ccccc1)N1C(=O)c2ccccc2C1=O. The predicted octanol–water partition coefficient (Wildman–Crippen LogP) is 2.97. The van der Waals surface area contributed by atoms with Crippen LogP contribution < -0.4 is 10.0 Å². The first kappa shape index (κ1) is 22.9. The molecule has 2 N–H and O–H groups in total. The molecule has 0 bridgehead atoms. The molecule has 35 heavy (non-hydrogen) atoms. The summed E-state index contributed by atoms with van der Waals surface area (Å²) in [5.74, 6) is -1.66. The average molecular weight is 490 g/mol. The molecule has 1 saturated carbocycles. The number of carbonyl (C=O) groups is 3. The first-order valence-corrected chi connectivity index (χ1v) is 12.8. The van der Waals surface area contributed by atoms with Gasteiger partial charge in [-0.05, 0) is 48.7 Å². The third kappa shape index (κ3) is 4.73. The molecule has 2 aliphatic rings. The van der Waals surface area contributed by atoms with E-state index in [4.69, 9.17) is 0 Å². The molecule has 0 unspecified atom stereocenters. The molecule has 1 aliphatic carbocycles. The van der Waals surface area contributed by atoms with Crippen LogP contribution in [0.1, 0.15) is 39.1 Å². The topological polar surface area (TPSA) is 113 Å². The summed E-state index contributed by atoms with van der Waals surface area (Å²) >= 11 is 0. The van der Waals surface area contributed by atoms with Crippen molar-refractivity contribution < 1.29 is 22.8 Å². The maximum atomic E-state index is 13.5. The van der Waals surface area contributed by atoms with E-state index < -0.39 is 33.8 Å². The van der Waals surface area contributed by atoms with E-state index >= 15 is 0 Å². The Balaban J connectivity index is 1.44. The van der Waals surface area contributed by atoms with Crippen molar-refractivity contribution in [1.29, 1.82) is 0 Å². The minimum atomic E-state index is -3.71. The van der Waals surface area contributed by atoms with E-state index in [1.807, 2.05) is 30.3 Å². The molecule has 0 spiro atoms.